The summed E-state index contributed by atoms with van der Waals surface area (Å²) < 4.78 is 25.6. The van der Waals surface area contributed by atoms with E-state index in [0.717, 1.165) is 4.31 Å². The zero-order valence-corrected chi connectivity index (χ0v) is 11.4. The highest BCUT2D eigenvalue weighted by Gasteiger charge is 2.22. The van der Waals surface area contributed by atoms with Crippen LogP contribution in [0.1, 0.15) is 5.56 Å². The van der Waals surface area contributed by atoms with E-state index in [1.807, 2.05) is 0 Å². The maximum Gasteiger partial charge on any atom is 0.281 e. The number of H-pyrrole nitrogens is 1. The molecule has 4 N–H and O–H groups in total. The first-order valence-electron chi connectivity index (χ1n) is 5.52. The molecule has 0 saturated carbocycles. The number of oxime groups is 1. The Balaban J connectivity index is 2.33. The molecular weight excluding hydrogens is 282 g/mol. The Morgan fingerprint density at radius 2 is 2.05 bits per heavy atom. The Bertz CT molecular complexity index is 707. The highest BCUT2D eigenvalue weighted by Crippen LogP contribution is 2.20. The van der Waals surface area contributed by atoms with Crippen molar-refractivity contribution in [2.75, 3.05) is 11.4 Å². The van der Waals surface area contributed by atoms with Gasteiger partial charge in [0.25, 0.3) is 10.0 Å². The summed E-state index contributed by atoms with van der Waals surface area (Å²) in [7, 11) is -2.26. The maximum atomic E-state index is 12.2. The molecule has 2 aromatic rings. The molecule has 8 nitrogen and oxygen atoms in total. The van der Waals surface area contributed by atoms with E-state index in [9.17, 15) is 8.42 Å². The standard InChI is InChI=1S/C11H13N5O3S/c1-16(20(18,19)10-6-13-7-14-10)9-4-2-8(3-5-9)11(12)15-17/h2-7,17H,1H3,(H2,12,15)(H,13,14). The van der Waals surface area contributed by atoms with Crippen LogP contribution in [0.4, 0.5) is 5.69 Å². The van der Waals surface area contributed by atoms with Crippen molar-refractivity contribution in [3.8, 4) is 0 Å². The number of sulfonamides is 1. The van der Waals surface area contributed by atoms with Gasteiger partial charge in [-0.3, -0.25) is 4.31 Å². The number of hydrogen-bond donors (Lipinski definition) is 3. The molecule has 0 aliphatic rings. The highest BCUT2D eigenvalue weighted by molar-refractivity contribution is 7.92. The van der Waals surface area contributed by atoms with E-state index in [2.05, 4.69) is 15.1 Å². The number of hydrogen-bond acceptors (Lipinski definition) is 5. The van der Waals surface area contributed by atoms with E-state index in [4.69, 9.17) is 10.9 Å². The van der Waals surface area contributed by atoms with Crippen molar-refractivity contribution in [3.05, 3.63) is 42.4 Å². The number of anilines is 1. The third-order valence-corrected chi connectivity index (χ3v) is 4.46. The zero-order chi connectivity index (χ0) is 14.8. The summed E-state index contributed by atoms with van der Waals surface area (Å²) in [6.45, 7) is 0. The number of nitrogens with zero attached hydrogens (tertiary/aromatic N) is 3. The normalized spacial score (nSPS) is 12.3. The van der Waals surface area contributed by atoms with Gasteiger partial charge in [-0.15, -0.1) is 0 Å². The Morgan fingerprint density at radius 1 is 1.40 bits per heavy atom. The first-order chi connectivity index (χ1) is 9.46. The minimum absolute atomic E-state index is 0.000473. The molecule has 1 heterocycles. The number of aromatic nitrogens is 2. The second kappa shape index (κ2) is 5.21. The van der Waals surface area contributed by atoms with E-state index < -0.39 is 10.0 Å². The van der Waals surface area contributed by atoms with Crippen molar-refractivity contribution in [2.45, 2.75) is 5.03 Å². The predicted octanol–water partition coefficient (Wildman–Crippen LogP) is 0.329. The average Bonchev–Trinajstić information content (AvgIpc) is 3.00. The van der Waals surface area contributed by atoms with Crippen LogP contribution in [-0.4, -0.2) is 36.5 Å². The number of benzene rings is 1. The quantitative estimate of drug-likeness (QED) is 0.324. The number of nitrogens with one attached hydrogen (secondary N) is 1. The molecule has 2 rings (SSSR count). The van der Waals surface area contributed by atoms with Crippen LogP contribution in [0.2, 0.25) is 0 Å². The SMILES string of the molecule is CN(c1ccc(C(N)=NO)cc1)S(=O)(=O)c1cnc[nH]1. The van der Waals surface area contributed by atoms with Gasteiger partial charge in [0.05, 0.1) is 18.2 Å². The number of nitrogens with two attached hydrogens (primary N) is 1. The van der Waals surface area contributed by atoms with Gasteiger partial charge in [-0.25, -0.2) is 4.98 Å². The fourth-order valence-electron chi connectivity index (χ4n) is 1.57. The Morgan fingerprint density at radius 3 is 2.55 bits per heavy atom. The summed E-state index contributed by atoms with van der Waals surface area (Å²) >= 11 is 0. The summed E-state index contributed by atoms with van der Waals surface area (Å²) in [5.41, 5.74) is 6.37. The summed E-state index contributed by atoms with van der Waals surface area (Å²) in [6.07, 6.45) is 2.53. The van der Waals surface area contributed by atoms with Crippen LogP contribution in [0.5, 0.6) is 0 Å². The third-order valence-electron chi connectivity index (χ3n) is 2.75. The largest absolute Gasteiger partial charge is 0.409 e. The molecular formula is C11H13N5O3S. The number of rotatable bonds is 4. The molecule has 20 heavy (non-hydrogen) atoms. The maximum absolute atomic E-state index is 12.2. The second-order valence-electron chi connectivity index (χ2n) is 3.92. The molecule has 9 heteroatoms. The monoisotopic (exact) mass is 295 g/mol. The summed E-state index contributed by atoms with van der Waals surface area (Å²) in [4.78, 5) is 6.25. The lowest BCUT2D eigenvalue weighted by atomic mass is 10.2. The van der Waals surface area contributed by atoms with Crippen LogP contribution in [0.3, 0.4) is 0 Å². The van der Waals surface area contributed by atoms with Crippen LogP contribution in [0.25, 0.3) is 0 Å². The molecule has 0 fully saturated rings. The molecule has 1 aromatic heterocycles. The van der Waals surface area contributed by atoms with Gasteiger partial charge in [-0.1, -0.05) is 5.16 Å². The van der Waals surface area contributed by atoms with Gasteiger partial charge in [0.1, 0.15) is 0 Å². The lowest BCUT2D eigenvalue weighted by Crippen LogP contribution is -2.27. The molecule has 0 radical (unpaired) electrons. The molecule has 0 spiro atoms. The van der Waals surface area contributed by atoms with Crippen molar-refractivity contribution in [3.63, 3.8) is 0 Å². The fraction of sp³-hybridized carbons (Fsp3) is 0.0909. The molecule has 0 bridgehead atoms. The van der Waals surface area contributed by atoms with Crippen LogP contribution in [-0.2, 0) is 10.0 Å². The predicted molar refractivity (Wildman–Crippen MR) is 73.1 cm³/mol. The first kappa shape index (κ1) is 13.9. The van der Waals surface area contributed by atoms with Crippen LogP contribution < -0.4 is 10.0 Å². The summed E-state index contributed by atoms with van der Waals surface area (Å²) in [5.74, 6) is -0.0457. The van der Waals surface area contributed by atoms with Gasteiger partial charge >= 0.3 is 0 Å². The third kappa shape index (κ3) is 2.43. The minimum Gasteiger partial charge on any atom is -0.409 e. The molecule has 0 aliphatic carbocycles. The van der Waals surface area contributed by atoms with E-state index in [0.29, 0.717) is 11.3 Å². The molecule has 1 aromatic carbocycles. The topological polar surface area (TPSA) is 125 Å². The van der Waals surface area contributed by atoms with Crippen molar-refractivity contribution >= 4 is 21.5 Å². The van der Waals surface area contributed by atoms with Gasteiger partial charge in [0, 0.05) is 12.6 Å². The van der Waals surface area contributed by atoms with Gasteiger partial charge in [0.2, 0.25) is 0 Å². The summed E-state index contributed by atoms with van der Waals surface area (Å²) in [6, 6.07) is 6.23. The zero-order valence-electron chi connectivity index (χ0n) is 10.6. The van der Waals surface area contributed by atoms with Crippen molar-refractivity contribution in [1.82, 2.24) is 9.97 Å². The lowest BCUT2D eigenvalue weighted by molar-refractivity contribution is 0.318. The number of aromatic amines is 1. The van der Waals surface area contributed by atoms with Crippen molar-refractivity contribution in [2.24, 2.45) is 10.9 Å². The van der Waals surface area contributed by atoms with Gasteiger partial charge in [-0.05, 0) is 24.3 Å². The molecule has 0 aliphatic heterocycles. The van der Waals surface area contributed by atoms with E-state index >= 15 is 0 Å². The van der Waals surface area contributed by atoms with Crippen LogP contribution in [0, 0.1) is 0 Å². The molecule has 0 atom stereocenters. The van der Waals surface area contributed by atoms with Crippen LogP contribution >= 0.6 is 0 Å². The first-order valence-corrected chi connectivity index (χ1v) is 6.96. The lowest BCUT2D eigenvalue weighted by Gasteiger charge is -2.18. The van der Waals surface area contributed by atoms with Crippen molar-refractivity contribution < 1.29 is 13.6 Å². The van der Waals surface area contributed by atoms with Crippen LogP contribution in [0.15, 0.2) is 47.0 Å². The van der Waals surface area contributed by atoms with Gasteiger partial charge in [0.15, 0.2) is 10.9 Å². The Kier molecular flexibility index (Phi) is 3.61. The van der Waals surface area contributed by atoms with E-state index in [1.54, 1.807) is 24.3 Å². The minimum atomic E-state index is -3.68. The second-order valence-corrected chi connectivity index (χ2v) is 5.86. The average molecular weight is 295 g/mol. The molecule has 0 unspecified atom stereocenters. The Hall–Kier alpha value is -2.55. The molecule has 0 amide bonds. The molecule has 0 saturated heterocycles. The van der Waals surface area contributed by atoms with Crippen molar-refractivity contribution in [1.29, 1.82) is 0 Å². The van der Waals surface area contributed by atoms with Gasteiger partial charge < -0.3 is 15.9 Å². The number of imidazole rings is 1. The fourth-order valence-corrected chi connectivity index (χ4v) is 2.66. The highest BCUT2D eigenvalue weighted by atomic mass is 32.2. The Labute approximate surface area is 115 Å². The van der Waals surface area contributed by atoms with Gasteiger partial charge in [-0.2, -0.15) is 8.42 Å². The smallest absolute Gasteiger partial charge is 0.281 e. The number of amidine groups is 1. The van der Waals surface area contributed by atoms with E-state index in [-0.39, 0.29) is 10.9 Å². The summed E-state index contributed by atoms with van der Waals surface area (Å²) in [5, 5.41) is 11.4. The molecule has 106 valence electrons. The van der Waals surface area contributed by atoms with E-state index in [1.165, 1.54) is 19.6 Å².